The highest BCUT2D eigenvalue weighted by Crippen LogP contribution is 2.29. The van der Waals surface area contributed by atoms with Crippen LogP contribution in [0.2, 0.25) is 5.02 Å². The minimum atomic E-state index is -0.666. The number of nitrogens with one attached hydrogen (secondary N) is 1. The number of benzene rings is 1. The smallest absolute Gasteiger partial charge is 0.122 e. The predicted molar refractivity (Wildman–Crippen MR) is 48.4 cm³/mol. The van der Waals surface area contributed by atoms with Gasteiger partial charge in [0.15, 0.2) is 0 Å². The first-order chi connectivity index (χ1) is 5.75. The van der Waals surface area contributed by atoms with Crippen molar-refractivity contribution in [1.82, 2.24) is 0 Å². The summed E-state index contributed by atoms with van der Waals surface area (Å²) in [7, 11) is 0. The average molecular weight is 186 g/mol. The number of hydrogen-bond acceptors (Lipinski definition) is 1. The minimum Gasteiger partial charge on any atom is -0.379 e. The van der Waals surface area contributed by atoms with Crippen LogP contribution in [0.1, 0.15) is 6.42 Å². The first-order valence-corrected chi connectivity index (χ1v) is 4.30. The van der Waals surface area contributed by atoms with Gasteiger partial charge in [0.05, 0.1) is 6.04 Å². The summed E-state index contributed by atoms with van der Waals surface area (Å²) in [6.07, 6.45) is -0.0384. The van der Waals surface area contributed by atoms with Crippen LogP contribution in [0.25, 0.3) is 0 Å². The molecule has 64 valence electrons. The van der Waals surface area contributed by atoms with Gasteiger partial charge in [-0.25, -0.2) is 4.39 Å². The normalized spacial score (nSPS) is 26.8. The van der Waals surface area contributed by atoms with Gasteiger partial charge in [-0.2, -0.15) is 0 Å². The monoisotopic (exact) mass is 185 g/mol. The van der Waals surface area contributed by atoms with Crippen molar-refractivity contribution < 1.29 is 4.39 Å². The molecule has 1 aromatic carbocycles. The molecule has 2 unspecified atom stereocenters. The van der Waals surface area contributed by atoms with Crippen LogP contribution in [0.15, 0.2) is 24.3 Å². The highest BCUT2D eigenvalue weighted by atomic mass is 35.5. The molecule has 2 rings (SSSR count). The average Bonchev–Trinajstić information content (AvgIpc) is 2.72. The van der Waals surface area contributed by atoms with Crippen molar-refractivity contribution in [3.8, 4) is 0 Å². The van der Waals surface area contributed by atoms with Crippen LogP contribution >= 0.6 is 11.6 Å². The molecule has 2 atom stereocenters. The largest absolute Gasteiger partial charge is 0.379 e. The van der Waals surface area contributed by atoms with Crippen molar-refractivity contribution in [3.05, 3.63) is 29.3 Å². The Kier molecular flexibility index (Phi) is 1.93. The van der Waals surface area contributed by atoms with Crippen LogP contribution in [0.5, 0.6) is 0 Å². The van der Waals surface area contributed by atoms with Crippen LogP contribution in [0.3, 0.4) is 0 Å². The predicted octanol–water partition coefficient (Wildman–Crippen LogP) is 2.86. The standard InChI is InChI=1S/C9H9ClFN/c10-6-1-3-7(4-2-6)12-9-5-8(9)11/h1-4,8-9,12H,5H2. The molecule has 0 bridgehead atoms. The third-order valence-corrected chi connectivity index (χ3v) is 2.16. The fourth-order valence-corrected chi connectivity index (χ4v) is 1.20. The van der Waals surface area contributed by atoms with Gasteiger partial charge >= 0.3 is 0 Å². The Bertz CT molecular complexity index is 272. The SMILES string of the molecule is FC1CC1Nc1ccc(Cl)cc1. The Morgan fingerprint density at radius 3 is 2.42 bits per heavy atom. The second-order valence-electron chi connectivity index (χ2n) is 3.01. The van der Waals surface area contributed by atoms with E-state index < -0.39 is 6.17 Å². The molecule has 0 heterocycles. The van der Waals surface area contributed by atoms with Crippen molar-refractivity contribution in [1.29, 1.82) is 0 Å². The van der Waals surface area contributed by atoms with E-state index in [0.717, 1.165) is 5.69 Å². The Labute approximate surface area is 75.5 Å². The zero-order valence-corrected chi connectivity index (χ0v) is 7.18. The van der Waals surface area contributed by atoms with E-state index in [-0.39, 0.29) is 6.04 Å². The van der Waals surface area contributed by atoms with E-state index in [0.29, 0.717) is 11.4 Å². The van der Waals surface area contributed by atoms with E-state index in [1.54, 1.807) is 12.1 Å². The van der Waals surface area contributed by atoms with E-state index in [2.05, 4.69) is 5.32 Å². The van der Waals surface area contributed by atoms with Gasteiger partial charge in [-0.15, -0.1) is 0 Å². The van der Waals surface area contributed by atoms with Crippen molar-refractivity contribution in [3.63, 3.8) is 0 Å². The summed E-state index contributed by atoms with van der Waals surface area (Å²) < 4.78 is 12.5. The molecule has 3 heteroatoms. The van der Waals surface area contributed by atoms with Gasteiger partial charge in [-0.1, -0.05) is 11.6 Å². The van der Waals surface area contributed by atoms with Gasteiger partial charge in [0, 0.05) is 17.1 Å². The summed E-state index contributed by atoms with van der Waals surface area (Å²) in [6.45, 7) is 0. The maximum absolute atomic E-state index is 12.5. The van der Waals surface area contributed by atoms with Gasteiger partial charge in [0.25, 0.3) is 0 Å². The molecular weight excluding hydrogens is 177 g/mol. The molecule has 0 spiro atoms. The zero-order chi connectivity index (χ0) is 8.55. The van der Waals surface area contributed by atoms with Crippen LogP contribution < -0.4 is 5.32 Å². The van der Waals surface area contributed by atoms with Gasteiger partial charge in [-0.3, -0.25) is 0 Å². The highest BCUT2D eigenvalue weighted by Gasteiger charge is 2.37. The van der Waals surface area contributed by atoms with E-state index >= 15 is 0 Å². The Morgan fingerprint density at radius 2 is 1.92 bits per heavy atom. The molecule has 0 aromatic heterocycles. The molecule has 1 saturated carbocycles. The lowest BCUT2D eigenvalue weighted by Gasteiger charge is -2.02. The lowest BCUT2D eigenvalue weighted by molar-refractivity contribution is 0.472. The summed E-state index contributed by atoms with van der Waals surface area (Å²) in [6, 6.07) is 7.31. The molecule has 1 N–H and O–H groups in total. The summed E-state index contributed by atoms with van der Waals surface area (Å²) >= 11 is 5.69. The number of alkyl halides is 1. The Hall–Kier alpha value is -0.760. The fourth-order valence-electron chi connectivity index (χ4n) is 1.07. The van der Waals surface area contributed by atoms with Crippen molar-refractivity contribution in [2.45, 2.75) is 18.6 Å². The quantitative estimate of drug-likeness (QED) is 0.747. The lowest BCUT2D eigenvalue weighted by atomic mass is 10.3. The summed E-state index contributed by atoms with van der Waals surface area (Å²) in [5.74, 6) is 0. The topological polar surface area (TPSA) is 12.0 Å². The van der Waals surface area contributed by atoms with Crippen molar-refractivity contribution >= 4 is 17.3 Å². The first-order valence-electron chi connectivity index (χ1n) is 3.92. The van der Waals surface area contributed by atoms with Crippen LogP contribution in [0.4, 0.5) is 10.1 Å². The molecule has 12 heavy (non-hydrogen) atoms. The third-order valence-electron chi connectivity index (χ3n) is 1.91. The van der Waals surface area contributed by atoms with Crippen LogP contribution in [0, 0.1) is 0 Å². The minimum absolute atomic E-state index is 0.0196. The number of hydrogen-bond donors (Lipinski definition) is 1. The maximum Gasteiger partial charge on any atom is 0.122 e. The second kappa shape index (κ2) is 2.94. The molecule has 1 aromatic rings. The van der Waals surface area contributed by atoms with E-state index in [1.165, 1.54) is 0 Å². The molecule has 0 saturated heterocycles. The zero-order valence-electron chi connectivity index (χ0n) is 6.43. The highest BCUT2D eigenvalue weighted by molar-refractivity contribution is 6.30. The first kappa shape index (κ1) is 7.87. The Balaban J connectivity index is 2.00. The summed E-state index contributed by atoms with van der Waals surface area (Å²) in [5.41, 5.74) is 0.935. The van der Waals surface area contributed by atoms with Crippen LogP contribution in [-0.4, -0.2) is 12.2 Å². The van der Waals surface area contributed by atoms with Gasteiger partial charge < -0.3 is 5.32 Å². The summed E-state index contributed by atoms with van der Waals surface area (Å²) in [4.78, 5) is 0. The number of anilines is 1. The van der Waals surface area contributed by atoms with E-state index in [9.17, 15) is 4.39 Å². The van der Waals surface area contributed by atoms with E-state index in [4.69, 9.17) is 11.6 Å². The molecule has 1 aliphatic rings. The molecule has 0 radical (unpaired) electrons. The fraction of sp³-hybridized carbons (Fsp3) is 0.333. The van der Waals surface area contributed by atoms with Crippen LogP contribution in [-0.2, 0) is 0 Å². The molecule has 1 nitrogen and oxygen atoms in total. The van der Waals surface area contributed by atoms with E-state index in [1.807, 2.05) is 12.1 Å². The van der Waals surface area contributed by atoms with Gasteiger partial charge in [-0.05, 0) is 24.3 Å². The number of rotatable bonds is 2. The lowest BCUT2D eigenvalue weighted by Crippen LogP contribution is -2.03. The summed E-state index contributed by atoms with van der Waals surface area (Å²) in [5, 5.41) is 3.76. The Morgan fingerprint density at radius 1 is 1.33 bits per heavy atom. The molecule has 1 fully saturated rings. The molecule has 0 aliphatic heterocycles. The maximum atomic E-state index is 12.5. The number of halogens is 2. The van der Waals surface area contributed by atoms with Crippen molar-refractivity contribution in [2.24, 2.45) is 0 Å². The van der Waals surface area contributed by atoms with Gasteiger partial charge in [0.1, 0.15) is 6.17 Å². The molecular formula is C9H9ClFN. The van der Waals surface area contributed by atoms with Gasteiger partial charge in [0.2, 0.25) is 0 Å². The van der Waals surface area contributed by atoms with Crippen molar-refractivity contribution in [2.75, 3.05) is 5.32 Å². The third kappa shape index (κ3) is 1.69. The second-order valence-corrected chi connectivity index (χ2v) is 3.45. The molecule has 1 aliphatic carbocycles. The molecule has 0 amide bonds.